The van der Waals surface area contributed by atoms with E-state index in [1.54, 1.807) is 0 Å². The van der Waals surface area contributed by atoms with Crippen molar-refractivity contribution in [1.29, 1.82) is 0 Å². The maximum absolute atomic E-state index is 10.0. The van der Waals surface area contributed by atoms with E-state index in [4.69, 9.17) is 0 Å². The van der Waals surface area contributed by atoms with Crippen LogP contribution in [0.4, 0.5) is 4.79 Å². The quantitative estimate of drug-likeness (QED) is 0.215. The first-order valence-electron chi connectivity index (χ1n) is 1.76. The van der Waals surface area contributed by atoms with Crippen molar-refractivity contribution in [3.63, 3.8) is 0 Å². The Balaban J connectivity index is 3.55. The topological polar surface area (TPSA) is 43.4 Å². The molecule has 41 valence electrons. The smallest absolute Gasteiger partial charge is 0.337 e. The Morgan fingerprint density at radius 1 is 1.62 bits per heavy atom. The van der Waals surface area contributed by atoms with Crippen LogP contribution in [-0.4, -0.2) is 21.8 Å². The minimum absolute atomic E-state index is 0.759. The summed E-state index contributed by atoms with van der Waals surface area (Å²) in [6, 6.07) is 0. The lowest BCUT2D eigenvalue weighted by atomic mass is 10.7. The van der Waals surface area contributed by atoms with E-state index in [9.17, 15) is 9.59 Å². The maximum Gasteiger partial charge on any atom is 0.337 e. The van der Waals surface area contributed by atoms with Crippen LogP contribution < -0.4 is 0 Å². The molecule has 0 N–H and O–H groups in total. The van der Waals surface area contributed by atoms with Crippen molar-refractivity contribution in [2.24, 2.45) is 0 Å². The highest BCUT2D eigenvalue weighted by atomic mass is 28.1. The number of carbonyl (C=O) groups is 2. The van der Waals surface area contributed by atoms with Crippen molar-refractivity contribution < 1.29 is 14.3 Å². The second kappa shape index (κ2) is 3.14. The summed E-state index contributed by atoms with van der Waals surface area (Å²) in [5.74, 6) is -0.759. The van der Waals surface area contributed by atoms with E-state index >= 15 is 0 Å². The maximum atomic E-state index is 10.0. The minimum atomic E-state index is -0.810. The molecule has 0 saturated carbocycles. The van der Waals surface area contributed by atoms with Crippen molar-refractivity contribution in [2.75, 3.05) is 0 Å². The molecule has 0 aliphatic carbocycles. The van der Waals surface area contributed by atoms with E-state index in [0.717, 1.165) is 6.08 Å². The van der Waals surface area contributed by atoms with Crippen LogP contribution in [0, 0.1) is 0 Å². The number of ether oxygens (including phenoxy) is 1. The van der Waals surface area contributed by atoms with Crippen LogP contribution in [0.2, 0.25) is 0 Å². The summed E-state index contributed by atoms with van der Waals surface area (Å²) in [7, 11) is 2.43. The Labute approximate surface area is 49.8 Å². The molecule has 0 aliphatic rings. The van der Waals surface area contributed by atoms with Gasteiger partial charge in [-0.3, -0.25) is 4.79 Å². The van der Waals surface area contributed by atoms with Gasteiger partial charge in [-0.15, -0.1) is 0 Å². The molecule has 0 bridgehead atoms. The first-order valence-corrected chi connectivity index (χ1v) is 2.26. The Bertz CT molecular complexity index is 129. The molecule has 0 spiro atoms. The molecule has 0 heterocycles. The van der Waals surface area contributed by atoms with Crippen molar-refractivity contribution in [3.8, 4) is 0 Å². The molecule has 0 aromatic rings. The van der Waals surface area contributed by atoms with Crippen LogP contribution in [0.3, 0.4) is 0 Å². The average molecular weight is 127 g/mol. The molecule has 0 aromatic heterocycles. The molecule has 3 radical (unpaired) electrons. The second-order valence-corrected chi connectivity index (χ2v) is 1.32. The fraction of sp³-hybridized carbons (Fsp3) is 0. The highest BCUT2D eigenvalue weighted by molar-refractivity contribution is 6.56. The number of esters is 1. The molecule has 0 aromatic carbocycles. The van der Waals surface area contributed by atoms with E-state index in [1.807, 2.05) is 0 Å². The van der Waals surface area contributed by atoms with Gasteiger partial charge in [0.15, 0.2) is 10.2 Å². The Morgan fingerprint density at radius 2 is 2.12 bits per heavy atom. The highest BCUT2D eigenvalue weighted by Crippen LogP contribution is 1.77. The van der Waals surface area contributed by atoms with Crippen LogP contribution in [-0.2, 0) is 9.53 Å². The van der Waals surface area contributed by atoms with Crippen LogP contribution in [0.5, 0.6) is 0 Å². The number of hydrogen-bond donors (Lipinski definition) is 0. The normalized spacial score (nSPS) is 7.62. The van der Waals surface area contributed by atoms with Gasteiger partial charge < -0.3 is 4.74 Å². The van der Waals surface area contributed by atoms with Crippen molar-refractivity contribution >= 4 is 21.8 Å². The van der Waals surface area contributed by atoms with Crippen molar-refractivity contribution in [2.45, 2.75) is 0 Å². The van der Waals surface area contributed by atoms with Gasteiger partial charge in [-0.05, 0) is 0 Å². The number of rotatable bonds is 1. The summed E-state index contributed by atoms with van der Waals surface area (Å²) in [4.78, 5) is 19.9. The van der Waals surface area contributed by atoms with E-state index in [-0.39, 0.29) is 0 Å². The van der Waals surface area contributed by atoms with Crippen LogP contribution in [0.1, 0.15) is 0 Å². The largest absolute Gasteiger partial charge is 0.395 e. The molecule has 0 amide bonds. The van der Waals surface area contributed by atoms with Gasteiger partial charge in [0.1, 0.15) is 0 Å². The highest BCUT2D eigenvalue weighted by Gasteiger charge is 1.96. The fourth-order valence-corrected chi connectivity index (χ4v) is 0.234. The third-order valence-electron chi connectivity index (χ3n) is 0.360. The third-order valence-corrected chi connectivity index (χ3v) is 0.462. The zero-order valence-corrected chi connectivity index (χ0v) is 5.01. The van der Waals surface area contributed by atoms with Gasteiger partial charge in [0.05, 0.1) is 0 Å². The van der Waals surface area contributed by atoms with Gasteiger partial charge in [0, 0.05) is 6.08 Å². The van der Waals surface area contributed by atoms with Gasteiger partial charge in [0.25, 0.3) is 5.59 Å². The van der Waals surface area contributed by atoms with Gasteiger partial charge in [-0.1, -0.05) is 6.58 Å². The summed E-state index contributed by atoms with van der Waals surface area (Å²) < 4.78 is 3.92. The summed E-state index contributed by atoms with van der Waals surface area (Å²) in [5.41, 5.74) is -0.810. The first kappa shape index (κ1) is 7.10. The van der Waals surface area contributed by atoms with Gasteiger partial charge in [0.2, 0.25) is 0 Å². The minimum Gasteiger partial charge on any atom is -0.395 e. The molecule has 0 fully saturated rings. The summed E-state index contributed by atoms with van der Waals surface area (Å²) >= 11 is 0. The Morgan fingerprint density at radius 3 is 2.25 bits per heavy atom. The van der Waals surface area contributed by atoms with E-state index < -0.39 is 11.6 Å². The van der Waals surface area contributed by atoms with Crippen molar-refractivity contribution in [3.05, 3.63) is 12.7 Å². The zero-order chi connectivity index (χ0) is 6.57. The van der Waals surface area contributed by atoms with Crippen LogP contribution in [0.15, 0.2) is 12.7 Å². The lowest BCUT2D eigenvalue weighted by molar-refractivity contribution is -0.130. The number of carbonyl (C=O) groups excluding carboxylic acids is 2. The fourth-order valence-electron chi connectivity index (χ4n) is 0.133. The molecule has 3 nitrogen and oxygen atoms in total. The molecule has 0 rings (SSSR count). The van der Waals surface area contributed by atoms with Gasteiger partial charge in [-0.25, -0.2) is 4.79 Å². The lowest BCUT2D eigenvalue weighted by Gasteiger charge is -1.89. The molecule has 0 atom stereocenters. The van der Waals surface area contributed by atoms with E-state index in [0.29, 0.717) is 0 Å². The molecular weight excluding hydrogens is 124 g/mol. The molecule has 0 saturated heterocycles. The molecule has 0 aliphatic heterocycles. The van der Waals surface area contributed by atoms with Crippen LogP contribution in [0.25, 0.3) is 0 Å². The molecular formula is C4H3O3Si. The summed E-state index contributed by atoms with van der Waals surface area (Å²) in [6.45, 7) is 3.07. The predicted octanol–water partition coefficient (Wildman–Crippen LogP) is 0.00410. The van der Waals surface area contributed by atoms with Gasteiger partial charge >= 0.3 is 5.97 Å². The summed E-state index contributed by atoms with van der Waals surface area (Å²) in [5, 5.41) is 0. The van der Waals surface area contributed by atoms with Crippen molar-refractivity contribution in [1.82, 2.24) is 0 Å². The monoisotopic (exact) mass is 127 g/mol. The Kier molecular flexibility index (Phi) is 2.79. The molecule has 4 heteroatoms. The SMILES string of the molecule is C=CC(=O)OC(=O)[Si]. The standard InChI is InChI=1S/C4H3O3Si/c1-2-3(5)7-4(6)8/h2H,1H2. The molecule has 0 unspecified atom stereocenters. The average Bonchev–Trinajstić information content (AvgIpc) is 1.65. The first-order chi connectivity index (χ1) is 3.66. The molecule has 8 heavy (non-hydrogen) atoms. The lowest BCUT2D eigenvalue weighted by Crippen LogP contribution is -2.06. The second-order valence-electron chi connectivity index (χ2n) is 0.913. The zero-order valence-electron chi connectivity index (χ0n) is 4.01. The van der Waals surface area contributed by atoms with E-state index in [2.05, 4.69) is 21.6 Å². The Hall–Kier alpha value is -0.903. The number of hydrogen-bond acceptors (Lipinski definition) is 3. The third kappa shape index (κ3) is 3.29. The summed E-state index contributed by atoms with van der Waals surface area (Å²) in [6.07, 6.45) is 0.901. The van der Waals surface area contributed by atoms with Gasteiger partial charge in [-0.2, -0.15) is 0 Å². The van der Waals surface area contributed by atoms with E-state index in [1.165, 1.54) is 0 Å². The van der Waals surface area contributed by atoms with Crippen LogP contribution >= 0.6 is 0 Å². The predicted molar refractivity (Wildman–Crippen MR) is 27.4 cm³/mol.